The van der Waals surface area contributed by atoms with Gasteiger partial charge in [0, 0.05) is 12.6 Å². The third-order valence-corrected chi connectivity index (χ3v) is 3.81. The second-order valence-corrected chi connectivity index (χ2v) is 4.95. The Hall–Kier alpha value is -1.39. The molecule has 2 unspecified atom stereocenters. The topological polar surface area (TPSA) is 60.8 Å². The fraction of sp³-hybridized carbons (Fsp3) is 0.500. The number of benzene rings is 1. The van der Waals surface area contributed by atoms with Crippen LogP contribution in [0.3, 0.4) is 0 Å². The third kappa shape index (κ3) is 2.54. The first-order valence-corrected chi connectivity index (χ1v) is 6.29. The lowest BCUT2D eigenvalue weighted by atomic mass is 10.0. The average molecular weight is 249 g/mol. The number of likely N-dealkylation sites (tertiary alicyclic amines) is 1. The molecule has 2 rings (SSSR count). The van der Waals surface area contributed by atoms with Crippen molar-refractivity contribution in [1.82, 2.24) is 4.90 Å². The van der Waals surface area contributed by atoms with Crippen molar-refractivity contribution < 1.29 is 15.0 Å². The molecular weight excluding hydrogens is 230 g/mol. The highest BCUT2D eigenvalue weighted by Gasteiger charge is 2.30. The fourth-order valence-corrected chi connectivity index (χ4v) is 2.66. The lowest BCUT2D eigenvalue weighted by Crippen LogP contribution is -2.35. The quantitative estimate of drug-likeness (QED) is 0.850. The van der Waals surface area contributed by atoms with Crippen LogP contribution in [0, 0.1) is 5.92 Å². The predicted molar refractivity (Wildman–Crippen MR) is 68.5 cm³/mol. The van der Waals surface area contributed by atoms with Gasteiger partial charge in [0.2, 0.25) is 0 Å². The lowest BCUT2D eigenvalue weighted by molar-refractivity contribution is 0.0693. The second kappa shape index (κ2) is 5.50. The SMILES string of the molecule is CC1CCN(Cc2ccccc2C(=O)O)C1CO. The minimum atomic E-state index is -0.890. The standard InChI is InChI=1S/C14H19NO3/c1-10-6-7-15(13(10)9-16)8-11-4-2-3-5-12(11)14(17)18/h2-5,10,13,16H,6-9H2,1H3,(H,17,18). The molecule has 1 aromatic carbocycles. The summed E-state index contributed by atoms with van der Waals surface area (Å²) in [6, 6.07) is 7.22. The van der Waals surface area contributed by atoms with E-state index in [1.54, 1.807) is 12.1 Å². The van der Waals surface area contributed by atoms with Crippen LogP contribution in [-0.2, 0) is 6.54 Å². The van der Waals surface area contributed by atoms with E-state index in [0.717, 1.165) is 18.5 Å². The Morgan fingerprint density at radius 2 is 2.17 bits per heavy atom. The van der Waals surface area contributed by atoms with E-state index < -0.39 is 5.97 Å². The minimum Gasteiger partial charge on any atom is -0.478 e. The van der Waals surface area contributed by atoms with E-state index in [2.05, 4.69) is 11.8 Å². The van der Waals surface area contributed by atoms with Gasteiger partial charge in [0.1, 0.15) is 0 Å². The van der Waals surface area contributed by atoms with Gasteiger partial charge in [-0.15, -0.1) is 0 Å². The van der Waals surface area contributed by atoms with Gasteiger partial charge >= 0.3 is 5.97 Å². The van der Waals surface area contributed by atoms with E-state index in [1.807, 2.05) is 12.1 Å². The molecule has 4 nitrogen and oxygen atoms in total. The Kier molecular flexibility index (Phi) is 3.99. The summed E-state index contributed by atoms with van der Waals surface area (Å²) in [5.74, 6) is -0.426. The van der Waals surface area contributed by atoms with E-state index in [0.29, 0.717) is 18.0 Å². The summed E-state index contributed by atoms with van der Waals surface area (Å²) in [6.45, 7) is 3.78. The molecule has 0 saturated carbocycles. The van der Waals surface area contributed by atoms with E-state index in [9.17, 15) is 9.90 Å². The van der Waals surface area contributed by atoms with Crippen LogP contribution in [0.2, 0.25) is 0 Å². The zero-order valence-corrected chi connectivity index (χ0v) is 10.5. The van der Waals surface area contributed by atoms with Gasteiger partial charge < -0.3 is 10.2 Å². The van der Waals surface area contributed by atoms with Crippen LogP contribution >= 0.6 is 0 Å². The number of carboxylic acids is 1. The van der Waals surface area contributed by atoms with Crippen molar-refractivity contribution in [2.24, 2.45) is 5.92 Å². The first-order valence-electron chi connectivity index (χ1n) is 6.29. The Balaban J connectivity index is 2.17. The van der Waals surface area contributed by atoms with Crippen LogP contribution < -0.4 is 0 Å². The first-order chi connectivity index (χ1) is 8.63. The first kappa shape index (κ1) is 13.1. The molecule has 2 atom stereocenters. The number of hydrogen-bond acceptors (Lipinski definition) is 3. The van der Waals surface area contributed by atoms with Gasteiger partial charge in [-0.05, 0) is 30.5 Å². The molecule has 0 aliphatic carbocycles. The predicted octanol–water partition coefficient (Wildman–Crippen LogP) is 1.59. The lowest BCUT2D eigenvalue weighted by Gasteiger charge is -2.25. The largest absolute Gasteiger partial charge is 0.478 e. The molecule has 0 amide bonds. The number of carbonyl (C=O) groups is 1. The van der Waals surface area contributed by atoms with Gasteiger partial charge in [-0.1, -0.05) is 25.1 Å². The fourth-order valence-electron chi connectivity index (χ4n) is 2.66. The van der Waals surface area contributed by atoms with Crippen LogP contribution in [0.1, 0.15) is 29.3 Å². The number of aliphatic hydroxyl groups excluding tert-OH is 1. The van der Waals surface area contributed by atoms with E-state index >= 15 is 0 Å². The summed E-state index contributed by atoms with van der Waals surface area (Å²) in [5.41, 5.74) is 1.17. The number of aliphatic hydroxyl groups is 1. The minimum absolute atomic E-state index is 0.135. The summed E-state index contributed by atoms with van der Waals surface area (Å²) in [7, 11) is 0. The van der Waals surface area contributed by atoms with E-state index in [1.165, 1.54) is 0 Å². The van der Waals surface area contributed by atoms with Crippen LogP contribution in [0.15, 0.2) is 24.3 Å². The van der Waals surface area contributed by atoms with Crippen LogP contribution in [0.4, 0.5) is 0 Å². The number of hydrogen-bond donors (Lipinski definition) is 2. The van der Waals surface area contributed by atoms with Crippen molar-refractivity contribution in [1.29, 1.82) is 0 Å². The van der Waals surface area contributed by atoms with E-state index in [4.69, 9.17) is 5.11 Å². The molecular formula is C14H19NO3. The van der Waals surface area contributed by atoms with Crippen molar-refractivity contribution in [2.45, 2.75) is 25.9 Å². The van der Waals surface area contributed by atoms with Crippen LogP contribution in [0.5, 0.6) is 0 Å². The molecule has 1 aromatic rings. The molecule has 18 heavy (non-hydrogen) atoms. The van der Waals surface area contributed by atoms with Gasteiger partial charge in [0.05, 0.1) is 12.2 Å². The monoisotopic (exact) mass is 249 g/mol. The zero-order valence-electron chi connectivity index (χ0n) is 10.5. The molecule has 98 valence electrons. The molecule has 1 aliphatic heterocycles. The molecule has 2 N–H and O–H groups in total. The highest BCUT2D eigenvalue weighted by molar-refractivity contribution is 5.89. The zero-order chi connectivity index (χ0) is 13.1. The van der Waals surface area contributed by atoms with Crippen molar-refractivity contribution >= 4 is 5.97 Å². The molecule has 1 fully saturated rings. The Bertz CT molecular complexity index is 433. The highest BCUT2D eigenvalue weighted by Crippen LogP contribution is 2.26. The molecule has 1 saturated heterocycles. The number of nitrogens with zero attached hydrogens (tertiary/aromatic N) is 1. The van der Waals surface area contributed by atoms with Gasteiger partial charge in [0.15, 0.2) is 0 Å². The van der Waals surface area contributed by atoms with Crippen molar-refractivity contribution in [3.8, 4) is 0 Å². The Morgan fingerprint density at radius 1 is 1.44 bits per heavy atom. The molecule has 0 radical (unpaired) electrons. The van der Waals surface area contributed by atoms with Gasteiger partial charge in [-0.3, -0.25) is 4.90 Å². The molecule has 1 heterocycles. The summed E-state index contributed by atoms with van der Waals surface area (Å²) >= 11 is 0. The normalized spacial score (nSPS) is 24.3. The van der Waals surface area contributed by atoms with Gasteiger partial charge in [-0.25, -0.2) is 4.79 Å². The van der Waals surface area contributed by atoms with Crippen molar-refractivity contribution in [3.63, 3.8) is 0 Å². The molecule has 4 heteroatoms. The maximum Gasteiger partial charge on any atom is 0.336 e. The maximum atomic E-state index is 11.1. The van der Waals surface area contributed by atoms with E-state index in [-0.39, 0.29) is 12.6 Å². The van der Waals surface area contributed by atoms with Crippen molar-refractivity contribution in [2.75, 3.05) is 13.2 Å². The molecule has 0 spiro atoms. The van der Waals surface area contributed by atoms with Crippen molar-refractivity contribution in [3.05, 3.63) is 35.4 Å². The number of aromatic carboxylic acids is 1. The summed E-state index contributed by atoms with van der Waals surface area (Å²) in [5, 5.41) is 18.6. The third-order valence-electron chi connectivity index (χ3n) is 3.81. The van der Waals surface area contributed by atoms with Crippen LogP contribution in [-0.4, -0.2) is 40.3 Å². The number of carboxylic acid groups (broad SMARTS) is 1. The molecule has 0 bridgehead atoms. The summed E-state index contributed by atoms with van der Waals surface area (Å²) < 4.78 is 0. The molecule has 1 aliphatic rings. The smallest absolute Gasteiger partial charge is 0.336 e. The Labute approximate surface area is 107 Å². The Morgan fingerprint density at radius 3 is 2.83 bits per heavy atom. The van der Waals surface area contributed by atoms with Crippen LogP contribution in [0.25, 0.3) is 0 Å². The average Bonchev–Trinajstić information content (AvgIpc) is 2.70. The highest BCUT2D eigenvalue weighted by atomic mass is 16.4. The number of rotatable bonds is 4. The summed E-state index contributed by atoms with van der Waals surface area (Å²) in [6.07, 6.45) is 1.06. The summed E-state index contributed by atoms with van der Waals surface area (Å²) in [4.78, 5) is 13.3. The molecule has 0 aromatic heterocycles. The van der Waals surface area contributed by atoms with Gasteiger partial charge in [0.25, 0.3) is 0 Å². The van der Waals surface area contributed by atoms with Gasteiger partial charge in [-0.2, -0.15) is 0 Å². The maximum absolute atomic E-state index is 11.1. The second-order valence-electron chi connectivity index (χ2n) is 4.95.